The number of likely N-dealkylation sites (N-methyl/N-ethyl adjacent to an activating group) is 1. The first-order chi connectivity index (χ1) is 8.96. The summed E-state index contributed by atoms with van der Waals surface area (Å²) in [5, 5.41) is 2.91. The molecule has 0 saturated carbocycles. The number of pyridine rings is 1. The second-order valence-corrected chi connectivity index (χ2v) is 7.21. The van der Waals surface area contributed by atoms with Crippen LogP contribution in [0.5, 0.6) is 0 Å². The van der Waals surface area contributed by atoms with Crippen molar-refractivity contribution in [3.05, 3.63) is 16.9 Å². The van der Waals surface area contributed by atoms with Gasteiger partial charge in [-0.25, -0.2) is 8.42 Å². The zero-order valence-corrected chi connectivity index (χ0v) is 13.3. The van der Waals surface area contributed by atoms with Crippen LogP contribution in [0.3, 0.4) is 0 Å². The van der Waals surface area contributed by atoms with Gasteiger partial charge in [0.15, 0.2) is 0 Å². The maximum atomic E-state index is 12.6. The molecule has 2 heterocycles. The number of sulfonamides is 1. The zero-order chi connectivity index (χ0) is 14.0. The van der Waals surface area contributed by atoms with Crippen molar-refractivity contribution in [2.75, 3.05) is 45.6 Å². The average Bonchev–Trinajstić information content (AvgIpc) is 2.39. The molecular weight excluding hydrogens is 332 g/mol. The van der Waals surface area contributed by atoms with Crippen LogP contribution in [0.2, 0.25) is 0 Å². The highest BCUT2D eigenvalue weighted by Gasteiger charge is 2.30. The van der Waals surface area contributed by atoms with Gasteiger partial charge in [0, 0.05) is 45.6 Å². The molecule has 0 radical (unpaired) electrons. The molecule has 8 heteroatoms. The van der Waals surface area contributed by atoms with Crippen LogP contribution in [0, 0.1) is 0 Å². The highest BCUT2D eigenvalue weighted by atomic mass is 79.9. The van der Waals surface area contributed by atoms with Gasteiger partial charge in [-0.3, -0.25) is 4.98 Å². The van der Waals surface area contributed by atoms with E-state index in [-0.39, 0.29) is 4.90 Å². The van der Waals surface area contributed by atoms with E-state index in [1.165, 1.54) is 10.5 Å². The molecule has 0 aromatic carbocycles. The van der Waals surface area contributed by atoms with Gasteiger partial charge in [-0.15, -0.1) is 0 Å². The first-order valence-corrected chi connectivity index (χ1v) is 8.20. The number of hydrogen-bond donors (Lipinski definition) is 1. The topological polar surface area (TPSA) is 65.5 Å². The van der Waals surface area contributed by atoms with Crippen LogP contribution in [0.1, 0.15) is 0 Å². The minimum absolute atomic E-state index is 0.217. The van der Waals surface area contributed by atoms with Gasteiger partial charge < -0.3 is 10.2 Å². The van der Waals surface area contributed by atoms with Crippen LogP contribution in [-0.2, 0) is 10.0 Å². The average molecular weight is 349 g/mol. The van der Waals surface area contributed by atoms with Gasteiger partial charge in [0.2, 0.25) is 10.0 Å². The minimum Gasteiger partial charge on any atom is -0.386 e. The van der Waals surface area contributed by atoms with Crippen LogP contribution in [-0.4, -0.2) is 62.9 Å². The molecule has 106 valence electrons. The predicted octanol–water partition coefficient (Wildman–Crippen LogP) is 0.822. The molecule has 0 spiro atoms. The molecule has 1 N–H and O–H groups in total. The number of aromatic nitrogens is 1. The van der Waals surface area contributed by atoms with Gasteiger partial charge in [0.25, 0.3) is 0 Å². The fourth-order valence-corrected chi connectivity index (χ4v) is 4.27. The normalized spacial score (nSPS) is 18.5. The van der Waals surface area contributed by atoms with Crippen LogP contribution >= 0.6 is 15.9 Å². The van der Waals surface area contributed by atoms with Gasteiger partial charge in [0.1, 0.15) is 4.90 Å². The Balaban J connectivity index is 2.37. The van der Waals surface area contributed by atoms with E-state index in [2.05, 4.69) is 31.1 Å². The quantitative estimate of drug-likeness (QED) is 0.875. The van der Waals surface area contributed by atoms with Crippen molar-refractivity contribution < 1.29 is 8.42 Å². The smallest absolute Gasteiger partial charge is 0.246 e. The molecule has 0 unspecified atom stereocenters. The molecule has 1 aliphatic rings. The van der Waals surface area contributed by atoms with Crippen LogP contribution in [0.4, 0.5) is 5.69 Å². The Morgan fingerprint density at radius 2 is 1.89 bits per heavy atom. The van der Waals surface area contributed by atoms with Crippen molar-refractivity contribution in [1.82, 2.24) is 14.2 Å². The first kappa shape index (κ1) is 14.7. The number of nitrogens with one attached hydrogen (secondary N) is 1. The highest BCUT2D eigenvalue weighted by molar-refractivity contribution is 9.10. The second-order valence-electron chi connectivity index (χ2n) is 4.45. The fraction of sp³-hybridized carbons (Fsp3) is 0.545. The summed E-state index contributed by atoms with van der Waals surface area (Å²) in [6.45, 7) is 2.51. The number of nitrogens with zero attached hydrogens (tertiary/aromatic N) is 3. The second kappa shape index (κ2) is 5.74. The number of hydrogen-bond acceptors (Lipinski definition) is 5. The third-order valence-electron chi connectivity index (χ3n) is 3.19. The molecule has 1 aromatic heterocycles. The molecule has 1 aliphatic heterocycles. The SMILES string of the molecule is CNc1c(Br)cncc1S(=O)(=O)N1CCN(C)CC1. The summed E-state index contributed by atoms with van der Waals surface area (Å²) >= 11 is 3.32. The molecule has 19 heavy (non-hydrogen) atoms. The van der Waals surface area contributed by atoms with Gasteiger partial charge in [0.05, 0.1) is 10.2 Å². The maximum Gasteiger partial charge on any atom is 0.246 e. The van der Waals surface area contributed by atoms with E-state index < -0.39 is 10.0 Å². The van der Waals surface area contributed by atoms with E-state index in [1.54, 1.807) is 13.2 Å². The lowest BCUT2D eigenvalue weighted by molar-refractivity contribution is 0.222. The number of piperazine rings is 1. The molecule has 1 saturated heterocycles. The van der Waals surface area contributed by atoms with E-state index in [0.29, 0.717) is 23.2 Å². The number of anilines is 1. The molecule has 0 bridgehead atoms. The van der Waals surface area contributed by atoms with E-state index in [4.69, 9.17) is 0 Å². The summed E-state index contributed by atoms with van der Waals surface area (Å²) < 4.78 is 27.4. The number of rotatable bonds is 3. The van der Waals surface area contributed by atoms with Crippen LogP contribution < -0.4 is 5.32 Å². The largest absolute Gasteiger partial charge is 0.386 e. The van der Waals surface area contributed by atoms with Crippen molar-refractivity contribution in [2.24, 2.45) is 0 Å². The summed E-state index contributed by atoms with van der Waals surface area (Å²) in [4.78, 5) is 6.30. The lowest BCUT2D eigenvalue weighted by atomic mass is 10.4. The Labute approximate surface area is 122 Å². The molecule has 0 amide bonds. The van der Waals surface area contributed by atoms with E-state index in [1.807, 2.05) is 7.05 Å². The molecule has 1 aromatic rings. The molecule has 0 atom stereocenters. The maximum absolute atomic E-state index is 12.6. The van der Waals surface area contributed by atoms with E-state index >= 15 is 0 Å². The first-order valence-electron chi connectivity index (χ1n) is 5.96. The van der Waals surface area contributed by atoms with Gasteiger partial charge >= 0.3 is 0 Å². The van der Waals surface area contributed by atoms with E-state index in [9.17, 15) is 8.42 Å². The fourth-order valence-electron chi connectivity index (χ4n) is 2.02. The Bertz CT molecular complexity index is 556. The summed E-state index contributed by atoms with van der Waals surface area (Å²) in [6.07, 6.45) is 2.97. The summed E-state index contributed by atoms with van der Waals surface area (Å²) in [7, 11) is 0.188. The van der Waals surface area contributed by atoms with Gasteiger partial charge in [-0.05, 0) is 23.0 Å². The van der Waals surface area contributed by atoms with Crippen molar-refractivity contribution >= 4 is 31.6 Å². The molecule has 1 fully saturated rings. The summed E-state index contributed by atoms with van der Waals surface area (Å²) in [5.74, 6) is 0. The Kier molecular flexibility index (Phi) is 4.44. The minimum atomic E-state index is -3.50. The van der Waals surface area contributed by atoms with E-state index in [0.717, 1.165) is 13.1 Å². The lowest BCUT2D eigenvalue weighted by Gasteiger charge is -2.31. The predicted molar refractivity (Wildman–Crippen MR) is 77.7 cm³/mol. The zero-order valence-electron chi connectivity index (χ0n) is 10.9. The Hall–Kier alpha value is -0.700. The van der Waals surface area contributed by atoms with Crippen molar-refractivity contribution in [3.63, 3.8) is 0 Å². The van der Waals surface area contributed by atoms with Crippen molar-refractivity contribution in [2.45, 2.75) is 4.90 Å². The van der Waals surface area contributed by atoms with Crippen molar-refractivity contribution in [3.8, 4) is 0 Å². The third kappa shape index (κ3) is 2.91. The van der Waals surface area contributed by atoms with Crippen LogP contribution in [0.25, 0.3) is 0 Å². The molecule has 6 nitrogen and oxygen atoms in total. The molecule has 0 aliphatic carbocycles. The molecular formula is C11H17BrN4O2S. The summed E-state index contributed by atoms with van der Waals surface area (Å²) in [6, 6.07) is 0. The van der Waals surface area contributed by atoms with Gasteiger partial charge in [-0.2, -0.15) is 4.31 Å². The summed E-state index contributed by atoms with van der Waals surface area (Å²) in [5.41, 5.74) is 0.550. The third-order valence-corrected chi connectivity index (χ3v) is 5.71. The lowest BCUT2D eigenvalue weighted by Crippen LogP contribution is -2.47. The Morgan fingerprint density at radius 1 is 1.26 bits per heavy atom. The standard InChI is InChI=1S/C11H17BrN4O2S/c1-13-11-9(12)7-14-8-10(11)19(17,18)16-5-3-15(2)4-6-16/h7-8H,3-6H2,1-2H3,(H,13,14). The Morgan fingerprint density at radius 3 is 2.47 bits per heavy atom. The monoisotopic (exact) mass is 348 g/mol. The van der Waals surface area contributed by atoms with Crippen molar-refractivity contribution in [1.29, 1.82) is 0 Å². The van der Waals surface area contributed by atoms with Gasteiger partial charge in [-0.1, -0.05) is 0 Å². The van der Waals surface area contributed by atoms with Crippen LogP contribution in [0.15, 0.2) is 21.8 Å². The number of halogens is 1. The molecule has 2 rings (SSSR count). The highest BCUT2D eigenvalue weighted by Crippen LogP contribution is 2.30.